The third-order valence-corrected chi connectivity index (χ3v) is 16.5. The van der Waals surface area contributed by atoms with E-state index in [2.05, 4.69) is 25.7 Å². The minimum absolute atomic E-state index is 0.0186. The van der Waals surface area contributed by atoms with Gasteiger partial charge in [-0.05, 0) is 87.9 Å². The number of esters is 1. The fourth-order valence-corrected chi connectivity index (χ4v) is 11.4. The number of unbranched alkanes of at least 4 members (excludes halogenated alkanes) is 30. The van der Waals surface area contributed by atoms with E-state index < -0.39 is 23.9 Å². The van der Waals surface area contributed by atoms with Crippen molar-refractivity contribution in [3.05, 3.63) is 12.2 Å². The number of ether oxygens (including phenoxy) is 2. The second-order valence-electron chi connectivity index (χ2n) is 23.5. The molecule has 1 aliphatic carbocycles. The Morgan fingerprint density at radius 1 is 0.436 bits per heavy atom. The molecule has 0 saturated heterocycles. The number of rotatable bonds is 51. The molecule has 1 rings (SSSR count). The van der Waals surface area contributed by atoms with Crippen molar-refractivity contribution in [1.82, 2.24) is 10.2 Å². The number of carboxylic acids is 3. The Morgan fingerprint density at radius 2 is 0.756 bits per heavy atom. The molecule has 0 aliphatic heterocycles. The number of nitrogens with zero attached hydrogens (tertiary/aromatic N) is 1. The second kappa shape index (κ2) is 51.7. The maximum absolute atomic E-state index is 13.5. The monoisotopic (exact) mass is 1100 g/mol. The largest absolute Gasteiger partial charge is 0.481 e. The molecule has 1 fully saturated rings. The molecule has 0 radical (unpaired) electrons. The molecule has 0 bridgehead atoms. The highest BCUT2D eigenvalue weighted by Crippen LogP contribution is 2.34. The maximum Gasteiger partial charge on any atom is 0.306 e. The summed E-state index contributed by atoms with van der Waals surface area (Å²) in [5, 5.41) is 31.5. The van der Waals surface area contributed by atoms with Gasteiger partial charge in [0.25, 0.3) is 0 Å². The number of amides is 2. The summed E-state index contributed by atoms with van der Waals surface area (Å²) in [4.78, 5) is 76.5. The van der Waals surface area contributed by atoms with Crippen LogP contribution in [-0.4, -0.2) is 95.4 Å². The smallest absolute Gasteiger partial charge is 0.306 e. The number of hydrogen-bond donors (Lipinski definition) is 4. The average Bonchev–Trinajstić information content (AvgIpc) is 3.40. The molecule has 2 unspecified atom stereocenters. The lowest BCUT2D eigenvalue weighted by Gasteiger charge is -2.27. The SMILES string of the molecule is C=C(C(=O)NCCOCCOC(=O)CCC(=O)N(CCCCCCCCCCCCCCCCCC)CCCCCCCCCCCCCCCCCC)C1CCC(CC(=O)O)CCC(CC(=O)O)CCC(CC(=O)O)CC1. The highest BCUT2D eigenvalue weighted by Gasteiger charge is 2.27. The number of hydrogen-bond acceptors (Lipinski definition) is 8. The molecule has 0 aromatic carbocycles. The van der Waals surface area contributed by atoms with Crippen LogP contribution in [0.15, 0.2) is 12.2 Å². The molecule has 0 aromatic rings. The first-order valence-corrected chi connectivity index (χ1v) is 32.5. The quantitative estimate of drug-likeness (QED) is 0.0257. The fourth-order valence-electron chi connectivity index (χ4n) is 11.4. The summed E-state index contributed by atoms with van der Waals surface area (Å²) in [5.74, 6) is -4.31. The zero-order valence-electron chi connectivity index (χ0n) is 50.1. The Morgan fingerprint density at radius 3 is 1.09 bits per heavy atom. The molecule has 0 aromatic heterocycles. The van der Waals surface area contributed by atoms with E-state index in [9.17, 15) is 44.1 Å². The lowest BCUT2D eigenvalue weighted by molar-refractivity contribution is -0.147. The highest BCUT2D eigenvalue weighted by molar-refractivity contribution is 5.93. The average molecular weight is 1100 g/mol. The minimum atomic E-state index is -0.921. The Hall–Kier alpha value is -3.48. The molecule has 2 amide bonds. The summed E-state index contributed by atoms with van der Waals surface area (Å²) in [6.07, 6.45) is 46.2. The van der Waals surface area contributed by atoms with Crippen LogP contribution in [0, 0.1) is 23.7 Å². The number of carbonyl (C=O) groups excluding carboxylic acids is 3. The van der Waals surface area contributed by atoms with Gasteiger partial charge in [0.05, 0.1) is 19.6 Å². The lowest BCUT2D eigenvalue weighted by atomic mass is 9.78. The van der Waals surface area contributed by atoms with Crippen LogP contribution in [0.1, 0.15) is 303 Å². The van der Waals surface area contributed by atoms with Gasteiger partial charge in [-0.1, -0.05) is 213 Å². The van der Waals surface area contributed by atoms with Crippen LogP contribution in [0.25, 0.3) is 0 Å². The molecule has 13 nitrogen and oxygen atoms in total. The first kappa shape index (κ1) is 72.5. The number of carbonyl (C=O) groups is 6. The summed E-state index contributed by atoms with van der Waals surface area (Å²) in [6.45, 7) is 10.7. The Kier molecular flexibility index (Phi) is 48.0. The fraction of sp³-hybridized carbons (Fsp3) is 0.877. The molecule has 1 aliphatic rings. The van der Waals surface area contributed by atoms with E-state index in [0.29, 0.717) is 56.9 Å². The summed E-state index contributed by atoms with van der Waals surface area (Å²) in [6, 6.07) is 0. The van der Waals surface area contributed by atoms with Gasteiger partial charge in [-0.15, -0.1) is 0 Å². The van der Waals surface area contributed by atoms with E-state index in [1.165, 1.54) is 180 Å². The third-order valence-electron chi connectivity index (χ3n) is 16.5. The minimum Gasteiger partial charge on any atom is -0.481 e. The predicted octanol–water partition coefficient (Wildman–Crippen LogP) is 16.4. The van der Waals surface area contributed by atoms with Gasteiger partial charge in [0, 0.05) is 50.9 Å². The van der Waals surface area contributed by atoms with E-state index in [1.807, 2.05) is 4.90 Å². The summed E-state index contributed by atoms with van der Waals surface area (Å²) >= 11 is 0. The van der Waals surface area contributed by atoms with Crippen LogP contribution in [-0.2, 0) is 38.2 Å². The topological polar surface area (TPSA) is 197 Å². The summed E-state index contributed by atoms with van der Waals surface area (Å²) in [5.41, 5.74) is 0.357. The van der Waals surface area contributed by atoms with Crippen LogP contribution in [0.4, 0.5) is 0 Å². The Bertz CT molecular complexity index is 1470. The highest BCUT2D eigenvalue weighted by atomic mass is 16.6. The van der Waals surface area contributed by atoms with Gasteiger partial charge >= 0.3 is 23.9 Å². The van der Waals surface area contributed by atoms with Gasteiger partial charge in [0.15, 0.2) is 0 Å². The van der Waals surface area contributed by atoms with Crippen molar-refractivity contribution >= 4 is 35.7 Å². The molecule has 2 atom stereocenters. The van der Waals surface area contributed by atoms with Crippen LogP contribution >= 0.6 is 0 Å². The maximum atomic E-state index is 13.5. The lowest BCUT2D eigenvalue weighted by Crippen LogP contribution is -2.33. The van der Waals surface area contributed by atoms with E-state index in [1.54, 1.807) is 0 Å². The van der Waals surface area contributed by atoms with Gasteiger partial charge in [0.1, 0.15) is 6.61 Å². The van der Waals surface area contributed by atoms with Crippen molar-refractivity contribution in [2.24, 2.45) is 23.7 Å². The molecular formula is C65H118N2O11. The Labute approximate surface area is 475 Å². The standard InChI is InChI=1S/C65H118N2O11/c1-4-6-8-10-12-14-16-18-20-22-24-26-28-30-32-34-47-67(48-35-33-31-29-27-25-23-21-19-17-15-13-11-9-7-5-2)60(68)44-45-64(75)78-51-50-77-49-46-66-65(76)55(3)59-42-40-57(53-62(71)72)38-36-56(52-61(69)70)37-39-58(41-43-59)54-63(73)74/h56-59H,3-54H2,1-2H3,(H,66,76)(H,69,70)(H,71,72)(H,73,74). The number of aliphatic carboxylic acids is 3. The number of carboxylic acid groups (broad SMARTS) is 3. The van der Waals surface area contributed by atoms with E-state index >= 15 is 0 Å². The van der Waals surface area contributed by atoms with Crippen molar-refractivity contribution in [1.29, 1.82) is 0 Å². The van der Waals surface area contributed by atoms with Gasteiger partial charge in [0.2, 0.25) is 11.8 Å². The third kappa shape index (κ3) is 44.3. The molecule has 0 heterocycles. The van der Waals surface area contributed by atoms with Crippen LogP contribution in [0.5, 0.6) is 0 Å². The number of nitrogens with one attached hydrogen (secondary N) is 1. The van der Waals surface area contributed by atoms with E-state index in [-0.39, 0.29) is 94.0 Å². The second-order valence-corrected chi connectivity index (χ2v) is 23.5. The molecule has 78 heavy (non-hydrogen) atoms. The van der Waals surface area contributed by atoms with Gasteiger partial charge in [-0.3, -0.25) is 28.8 Å². The van der Waals surface area contributed by atoms with Crippen LogP contribution < -0.4 is 5.32 Å². The Balaban J connectivity index is 2.50. The molecule has 454 valence electrons. The van der Waals surface area contributed by atoms with Crippen LogP contribution in [0.2, 0.25) is 0 Å². The molecule has 13 heteroatoms. The molecule has 4 N–H and O–H groups in total. The zero-order valence-corrected chi connectivity index (χ0v) is 50.1. The normalized spacial score (nSPS) is 17.2. The van der Waals surface area contributed by atoms with E-state index in [4.69, 9.17) is 9.47 Å². The van der Waals surface area contributed by atoms with Gasteiger partial charge < -0.3 is 35.0 Å². The van der Waals surface area contributed by atoms with Crippen LogP contribution in [0.3, 0.4) is 0 Å². The van der Waals surface area contributed by atoms with Crippen molar-refractivity contribution in [3.63, 3.8) is 0 Å². The first-order chi connectivity index (χ1) is 37.9. The van der Waals surface area contributed by atoms with Crippen molar-refractivity contribution in [3.8, 4) is 0 Å². The first-order valence-electron chi connectivity index (χ1n) is 32.5. The zero-order chi connectivity index (χ0) is 57.1. The van der Waals surface area contributed by atoms with Gasteiger partial charge in [-0.25, -0.2) is 0 Å². The van der Waals surface area contributed by atoms with Crippen molar-refractivity contribution < 1.29 is 53.6 Å². The molecular weight excluding hydrogens is 985 g/mol. The summed E-state index contributed by atoms with van der Waals surface area (Å²) < 4.78 is 11.1. The predicted molar refractivity (Wildman–Crippen MR) is 316 cm³/mol. The van der Waals surface area contributed by atoms with E-state index in [0.717, 1.165) is 38.8 Å². The summed E-state index contributed by atoms with van der Waals surface area (Å²) in [7, 11) is 0. The van der Waals surface area contributed by atoms with Crippen molar-refractivity contribution in [2.45, 2.75) is 303 Å². The molecule has 1 saturated carbocycles. The van der Waals surface area contributed by atoms with Gasteiger partial charge in [-0.2, -0.15) is 0 Å². The van der Waals surface area contributed by atoms with Crippen molar-refractivity contribution in [2.75, 3.05) is 39.5 Å². The molecule has 0 spiro atoms.